The molecule has 3 heteroatoms. The van der Waals surface area contributed by atoms with Crippen molar-refractivity contribution in [3.63, 3.8) is 0 Å². The fourth-order valence-corrected chi connectivity index (χ4v) is 2.29. The number of anilines is 1. The van der Waals surface area contributed by atoms with Gasteiger partial charge in [0.05, 0.1) is 5.69 Å². The van der Waals surface area contributed by atoms with E-state index in [9.17, 15) is 4.39 Å². The minimum atomic E-state index is -0.0980. The van der Waals surface area contributed by atoms with Crippen LogP contribution in [0.4, 0.5) is 10.1 Å². The number of nitrogens with zero attached hydrogens (tertiary/aromatic N) is 1. The summed E-state index contributed by atoms with van der Waals surface area (Å²) in [6.45, 7) is 6.23. The van der Waals surface area contributed by atoms with Crippen molar-refractivity contribution in [3.05, 3.63) is 29.6 Å². The predicted octanol–water partition coefficient (Wildman–Crippen LogP) is 5.13. The summed E-state index contributed by atoms with van der Waals surface area (Å²) in [6.07, 6.45) is 4.51. The van der Waals surface area contributed by atoms with Gasteiger partial charge < -0.3 is 4.90 Å². The summed E-state index contributed by atoms with van der Waals surface area (Å²) in [5, 5.41) is 0.702. The fourth-order valence-electron chi connectivity index (χ4n) is 1.94. The molecule has 0 aromatic heterocycles. The van der Waals surface area contributed by atoms with Crippen LogP contribution in [0.3, 0.4) is 0 Å². The first-order valence-corrected chi connectivity index (χ1v) is 7.94. The highest BCUT2D eigenvalue weighted by Gasteiger charge is 2.11. The summed E-state index contributed by atoms with van der Waals surface area (Å²) in [6, 6.07) is 5.55. The van der Waals surface area contributed by atoms with E-state index in [4.69, 9.17) is 0 Å². The summed E-state index contributed by atoms with van der Waals surface area (Å²) in [5.41, 5.74) is 1.74. The van der Waals surface area contributed by atoms with E-state index < -0.39 is 0 Å². The van der Waals surface area contributed by atoms with E-state index in [1.807, 2.05) is 12.1 Å². The quantitative estimate of drug-likeness (QED) is 0.601. The molecule has 0 unspecified atom stereocenters. The lowest BCUT2D eigenvalue weighted by molar-refractivity contribution is 0.604. The van der Waals surface area contributed by atoms with Gasteiger partial charge in [0.1, 0.15) is 5.82 Å². The molecule has 0 saturated heterocycles. The molecule has 0 heterocycles. The van der Waals surface area contributed by atoms with Gasteiger partial charge in [-0.15, -0.1) is 0 Å². The molecule has 0 spiro atoms. The van der Waals surface area contributed by atoms with Gasteiger partial charge in [-0.25, -0.2) is 4.39 Å². The molecule has 1 aromatic rings. The Hall–Kier alpha value is -0.570. The molecule has 0 saturated carbocycles. The van der Waals surface area contributed by atoms with Gasteiger partial charge in [-0.3, -0.25) is 0 Å². The third-order valence-electron chi connectivity index (χ3n) is 3.07. The van der Waals surface area contributed by atoms with Gasteiger partial charge in [-0.05, 0) is 30.5 Å². The zero-order chi connectivity index (χ0) is 13.4. The summed E-state index contributed by atoms with van der Waals surface area (Å²) < 4.78 is 14.1. The topological polar surface area (TPSA) is 3.24 Å². The molecule has 0 aliphatic rings. The van der Waals surface area contributed by atoms with Gasteiger partial charge in [0.25, 0.3) is 0 Å². The predicted molar refractivity (Wildman–Crippen MR) is 81.1 cm³/mol. The van der Waals surface area contributed by atoms with Crippen LogP contribution in [0.2, 0.25) is 0 Å². The second kappa shape index (κ2) is 8.52. The number of alkyl halides is 1. The Balaban J connectivity index is 2.82. The molecule has 0 aliphatic heterocycles. The molecular formula is C15H23BrFN. The Morgan fingerprint density at radius 2 is 1.72 bits per heavy atom. The zero-order valence-electron chi connectivity index (χ0n) is 11.4. The normalized spacial score (nSPS) is 10.7. The first kappa shape index (κ1) is 15.5. The maximum atomic E-state index is 14.1. The van der Waals surface area contributed by atoms with Crippen LogP contribution in [-0.4, -0.2) is 13.1 Å². The fraction of sp³-hybridized carbons (Fsp3) is 0.600. The van der Waals surface area contributed by atoms with Crippen LogP contribution in [0, 0.1) is 5.82 Å². The molecule has 102 valence electrons. The van der Waals surface area contributed by atoms with Crippen molar-refractivity contribution in [1.82, 2.24) is 0 Å². The molecule has 0 N–H and O–H groups in total. The molecular weight excluding hydrogens is 293 g/mol. The number of benzene rings is 1. The van der Waals surface area contributed by atoms with Crippen LogP contribution in [0.25, 0.3) is 0 Å². The zero-order valence-corrected chi connectivity index (χ0v) is 13.0. The first-order chi connectivity index (χ1) is 8.72. The molecule has 0 radical (unpaired) electrons. The molecule has 1 aromatic carbocycles. The molecule has 0 aliphatic carbocycles. The van der Waals surface area contributed by atoms with E-state index in [1.54, 1.807) is 6.07 Å². The average molecular weight is 316 g/mol. The molecule has 18 heavy (non-hydrogen) atoms. The monoisotopic (exact) mass is 315 g/mol. The summed E-state index contributed by atoms with van der Waals surface area (Å²) in [7, 11) is 0. The van der Waals surface area contributed by atoms with Gasteiger partial charge in [0, 0.05) is 18.4 Å². The largest absolute Gasteiger partial charge is 0.369 e. The highest BCUT2D eigenvalue weighted by atomic mass is 79.9. The lowest BCUT2D eigenvalue weighted by atomic mass is 10.1. The van der Waals surface area contributed by atoms with E-state index >= 15 is 0 Å². The molecule has 0 atom stereocenters. The highest BCUT2D eigenvalue weighted by molar-refractivity contribution is 9.08. The van der Waals surface area contributed by atoms with E-state index in [1.165, 1.54) is 0 Å². The van der Waals surface area contributed by atoms with Crippen LogP contribution < -0.4 is 4.90 Å². The van der Waals surface area contributed by atoms with Crippen LogP contribution in [0.15, 0.2) is 18.2 Å². The third-order valence-corrected chi connectivity index (χ3v) is 3.72. The lowest BCUT2D eigenvalue weighted by Crippen LogP contribution is -2.26. The highest BCUT2D eigenvalue weighted by Crippen LogP contribution is 2.22. The maximum absolute atomic E-state index is 14.1. The van der Waals surface area contributed by atoms with Crippen molar-refractivity contribution in [3.8, 4) is 0 Å². The number of halogens is 2. The van der Waals surface area contributed by atoms with Crippen molar-refractivity contribution in [2.24, 2.45) is 0 Å². The summed E-state index contributed by atoms with van der Waals surface area (Å²) in [5.74, 6) is -0.0980. The molecule has 1 rings (SSSR count). The maximum Gasteiger partial charge on any atom is 0.146 e. The van der Waals surface area contributed by atoms with E-state index in [-0.39, 0.29) is 5.82 Å². The van der Waals surface area contributed by atoms with Crippen LogP contribution in [0.1, 0.15) is 45.1 Å². The van der Waals surface area contributed by atoms with E-state index in [2.05, 4.69) is 34.7 Å². The minimum absolute atomic E-state index is 0.0980. The van der Waals surface area contributed by atoms with Crippen molar-refractivity contribution in [2.45, 2.75) is 44.9 Å². The molecule has 0 amide bonds. The molecule has 0 fully saturated rings. The first-order valence-electron chi connectivity index (χ1n) is 6.82. The Bertz CT molecular complexity index is 346. The Morgan fingerprint density at radius 3 is 2.17 bits per heavy atom. The number of hydrogen-bond donors (Lipinski definition) is 0. The lowest BCUT2D eigenvalue weighted by Gasteiger charge is -2.25. The van der Waals surface area contributed by atoms with Crippen molar-refractivity contribution < 1.29 is 4.39 Å². The summed E-state index contributed by atoms with van der Waals surface area (Å²) >= 11 is 3.36. The van der Waals surface area contributed by atoms with Crippen LogP contribution >= 0.6 is 15.9 Å². The smallest absolute Gasteiger partial charge is 0.146 e. The molecule has 0 bridgehead atoms. The van der Waals surface area contributed by atoms with E-state index in [0.717, 1.165) is 50.0 Å². The summed E-state index contributed by atoms with van der Waals surface area (Å²) in [4.78, 5) is 2.18. The van der Waals surface area contributed by atoms with Crippen LogP contribution in [-0.2, 0) is 5.33 Å². The molecule has 1 nitrogen and oxygen atoms in total. The van der Waals surface area contributed by atoms with Gasteiger partial charge in [0.2, 0.25) is 0 Å². The number of rotatable bonds is 8. The number of hydrogen-bond acceptors (Lipinski definition) is 1. The van der Waals surface area contributed by atoms with Gasteiger partial charge in [-0.1, -0.05) is 48.7 Å². The Kier molecular flexibility index (Phi) is 7.33. The Morgan fingerprint density at radius 1 is 1.11 bits per heavy atom. The number of unbranched alkanes of at least 4 members (excludes halogenated alkanes) is 2. The van der Waals surface area contributed by atoms with Gasteiger partial charge in [-0.2, -0.15) is 0 Å². The van der Waals surface area contributed by atoms with Gasteiger partial charge >= 0.3 is 0 Å². The van der Waals surface area contributed by atoms with Crippen LogP contribution in [0.5, 0.6) is 0 Å². The third kappa shape index (κ3) is 4.60. The van der Waals surface area contributed by atoms with Crippen molar-refractivity contribution in [2.75, 3.05) is 18.0 Å². The SMILES string of the molecule is CCCCN(CCCC)c1ccc(CBr)cc1F. The minimum Gasteiger partial charge on any atom is -0.369 e. The standard InChI is InChI=1S/C15H23BrFN/c1-3-5-9-18(10-6-4-2)15-8-7-13(12-16)11-14(15)17/h7-8,11H,3-6,9-10,12H2,1-2H3. The second-order valence-electron chi connectivity index (χ2n) is 4.61. The van der Waals surface area contributed by atoms with Crippen molar-refractivity contribution >= 4 is 21.6 Å². The average Bonchev–Trinajstić information content (AvgIpc) is 2.39. The van der Waals surface area contributed by atoms with Crippen molar-refractivity contribution in [1.29, 1.82) is 0 Å². The van der Waals surface area contributed by atoms with Gasteiger partial charge in [0.15, 0.2) is 0 Å². The second-order valence-corrected chi connectivity index (χ2v) is 5.17. The Labute approximate surface area is 119 Å². The van der Waals surface area contributed by atoms with E-state index in [0.29, 0.717) is 5.33 Å².